The maximum Gasteiger partial charge on any atom is 0.303 e. The summed E-state index contributed by atoms with van der Waals surface area (Å²) in [5.74, 6) is -1.43. The van der Waals surface area contributed by atoms with E-state index in [1.54, 1.807) is 0 Å². The molecule has 6 heteroatoms. The van der Waals surface area contributed by atoms with Gasteiger partial charge in [0.2, 0.25) is 0 Å². The zero-order valence-corrected chi connectivity index (χ0v) is 15.4. The molecule has 0 spiro atoms. The highest BCUT2D eigenvalue weighted by atomic mass is 16.4. The maximum absolute atomic E-state index is 10.5. The van der Waals surface area contributed by atoms with E-state index in [0.29, 0.717) is 6.04 Å². The summed E-state index contributed by atoms with van der Waals surface area (Å²) < 4.78 is 0. The summed E-state index contributed by atoms with van der Waals surface area (Å²) in [4.78, 5) is 23.2. The van der Waals surface area contributed by atoms with Gasteiger partial charge in [-0.05, 0) is 59.3 Å². The lowest BCUT2D eigenvalue weighted by atomic mass is 10.0. The topological polar surface area (TPSA) is 89.9 Å². The SMILES string of the molecule is CN(C)CCCNC(CCCCCC(=O)O)CCCCCC(=O)O. The Hall–Kier alpha value is -1.14. The van der Waals surface area contributed by atoms with Crippen molar-refractivity contribution in [2.45, 2.75) is 76.7 Å². The Labute approximate surface area is 146 Å². The fraction of sp³-hybridized carbons (Fsp3) is 0.889. The number of nitrogens with one attached hydrogen (secondary N) is 1. The van der Waals surface area contributed by atoms with Crippen LogP contribution in [0.3, 0.4) is 0 Å². The van der Waals surface area contributed by atoms with Gasteiger partial charge in [0.25, 0.3) is 0 Å². The molecule has 0 radical (unpaired) electrons. The lowest BCUT2D eigenvalue weighted by molar-refractivity contribution is -0.138. The van der Waals surface area contributed by atoms with Gasteiger partial charge >= 0.3 is 11.9 Å². The molecule has 0 atom stereocenters. The zero-order chi connectivity index (χ0) is 18.2. The van der Waals surface area contributed by atoms with E-state index in [0.717, 1.165) is 70.9 Å². The molecule has 142 valence electrons. The first-order chi connectivity index (χ1) is 11.4. The van der Waals surface area contributed by atoms with Crippen LogP contribution in [0.15, 0.2) is 0 Å². The fourth-order valence-corrected chi connectivity index (χ4v) is 2.74. The molecule has 0 aromatic rings. The van der Waals surface area contributed by atoms with Crippen molar-refractivity contribution in [1.82, 2.24) is 10.2 Å². The standard InChI is InChI=1S/C18H36N2O4/c1-20(2)15-9-14-19-16(10-5-3-7-12-17(21)22)11-6-4-8-13-18(23)24/h16,19H,3-15H2,1-2H3,(H,21,22)(H,23,24). The second-order valence-electron chi connectivity index (χ2n) is 6.79. The van der Waals surface area contributed by atoms with Crippen LogP contribution in [0.25, 0.3) is 0 Å². The zero-order valence-electron chi connectivity index (χ0n) is 15.4. The third kappa shape index (κ3) is 17.2. The predicted molar refractivity (Wildman–Crippen MR) is 96.4 cm³/mol. The first-order valence-electron chi connectivity index (χ1n) is 9.23. The van der Waals surface area contributed by atoms with E-state index in [1.807, 2.05) is 0 Å². The van der Waals surface area contributed by atoms with Gasteiger partial charge in [0, 0.05) is 18.9 Å². The van der Waals surface area contributed by atoms with Gasteiger partial charge in [0.1, 0.15) is 0 Å². The van der Waals surface area contributed by atoms with Crippen molar-refractivity contribution in [1.29, 1.82) is 0 Å². The van der Waals surface area contributed by atoms with Crippen molar-refractivity contribution in [3.63, 3.8) is 0 Å². The molecule has 0 bridgehead atoms. The van der Waals surface area contributed by atoms with Crippen LogP contribution >= 0.6 is 0 Å². The Morgan fingerprint density at radius 1 is 0.833 bits per heavy atom. The molecule has 24 heavy (non-hydrogen) atoms. The largest absolute Gasteiger partial charge is 0.481 e. The average molecular weight is 344 g/mol. The Balaban J connectivity index is 3.90. The van der Waals surface area contributed by atoms with Crippen LogP contribution in [-0.2, 0) is 9.59 Å². The number of carboxylic acids is 2. The van der Waals surface area contributed by atoms with Crippen LogP contribution in [0, 0.1) is 0 Å². The van der Waals surface area contributed by atoms with Crippen molar-refractivity contribution in [3.8, 4) is 0 Å². The minimum Gasteiger partial charge on any atom is -0.481 e. The molecule has 0 saturated carbocycles. The molecule has 0 aromatic heterocycles. The normalized spacial score (nSPS) is 11.3. The summed E-state index contributed by atoms with van der Waals surface area (Å²) in [7, 11) is 4.14. The molecule has 0 aromatic carbocycles. The van der Waals surface area contributed by atoms with Gasteiger partial charge < -0.3 is 20.4 Å². The van der Waals surface area contributed by atoms with Crippen LogP contribution in [0.2, 0.25) is 0 Å². The van der Waals surface area contributed by atoms with Crippen LogP contribution in [-0.4, -0.2) is 60.3 Å². The third-order valence-corrected chi connectivity index (χ3v) is 4.10. The second kappa shape index (κ2) is 15.4. The monoisotopic (exact) mass is 344 g/mol. The summed E-state index contributed by atoms with van der Waals surface area (Å²) in [5.41, 5.74) is 0. The molecule has 0 unspecified atom stereocenters. The van der Waals surface area contributed by atoms with Crippen LogP contribution in [0.4, 0.5) is 0 Å². The summed E-state index contributed by atoms with van der Waals surface area (Å²) in [6.45, 7) is 2.06. The lowest BCUT2D eigenvalue weighted by Gasteiger charge is -2.19. The highest BCUT2D eigenvalue weighted by Crippen LogP contribution is 2.13. The van der Waals surface area contributed by atoms with E-state index in [2.05, 4.69) is 24.3 Å². The number of hydrogen-bond acceptors (Lipinski definition) is 4. The summed E-state index contributed by atoms with van der Waals surface area (Å²) in [6.07, 6.45) is 9.29. The van der Waals surface area contributed by atoms with Crippen molar-refractivity contribution < 1.29 is 19.8 Å². The second-order valence-corrected chi connectivity index (χ2v) is 6.79. The molecule has 0 aliphatic carbocycles. The van der Waals surface area contributed by atoms with Gasteiger partial charge in [0.15, 0.2) is 0 Å². The number of unbranched alkanes of at least 4 members (excludes halogenated alkanes) is 4. The number of hydrogen-bond donors (Lipinski definition) is 3. The number of nitrogens with zero attached hydrogens (tertiary/aromatic N) is 1. The van der Waals surface area contributed by atoms with Gasteiger partial charge in [-0.15, -0.1) is 0 Å². The van der Waals surface area contributed by atoms with Crippen LogP contribution in [0.1, 0.15) is 70.6 Å². The minimum atomic E-state index is -0.716. The van der Waals surface area contributed by atoms with Crippen LogP contribution < -0.4 is 5.32 Å². The molecular formula is C18H36N2O4. The molecule has 0 amide bonds. The molecule has 0 heterocycles. The summed E-state index contributed by atoms with van der Waals surface area (Å²) in [5, 5.41) is 20.9. The van der Waals surface area contributed by atoms with E-state index >= 15 is 0 Å². The third-order valence-electron chi connectivity index (χ3n) is 4.10. The fourth-order valence-electron chi connectivity index (χ4n) is 2.74. The molecule has 0 saturated heterocycles. The predicted octanol–water partition coefficient (Wildman–Crippen LogP) is 2.97. The van der Waals surface area contributed by atoms with Crippen molar-refractivity contribution in [3.05, 3.63) is 0 Å². The molecule has 0 aliphatic rings. The van der Waals surface area contributed by atoms with Gasteiger partial charge in [-0.25, -0.2) is 0 Å². The Morgan fingerprint density at radius 2 is 1.33 bits per heavy atom. The summed E-state index contributed by atoms with van der Waals surface area (Å²) >= 11 is 0. The first kappa shape index (κ1) is 22.9. The highest BCUT2D eigenvalue weighted by Gasteiger charge is 2.08. The van der Waals surface area contributed by atoms with Crippen LogP contribution in [0.5, 0.6) is 0 Å². The van der Waals surface area contributed by atoms with Gasteiger partial charge in [-0.3, -0.25) is 9.59 Å². The molecule has 6 nitrogen and oxygen atoms in total. The minimum absolute atomic E-state index is 0.260. The first-order valence-corrected chi connectivity index (χ1v) is 9.23. The molecule has 0 fully saturated rings. The lowest BCUT2D eigenvalue weighted by Crippen LogP contribution is -2.31. The Kier molecular flexibility index (Phi) is 14.7. The maximum atomic E-state index is 10.5. The molecule has 0 aliphatic heterocycles. The summed E-state index contributed by atoms with van der Waals surface area (Å²) in [6, 6.07) is 0.460. The highest BCUT2D eigenvalue weighted by molar-refractivity contribution is 5.66. The average Bonchev–Trinajstić information content (AvgIpc) is 2.49. The van der Waals surface area contributed by atoms with Gasteiger partial charge in [-0.2, -0.15) is 0 Å². The van der Waals surface area contributed by atoms with E-state index in [9.17, 15) is 9.59 Å². The number of carbonyl (C=O) groups is 2. The Bertz CT molecular complexity index is 311. The van der Waals surface area contributed by atoms with E-state index in [1.165, 1.54) is 0 Å². The van der Waals surface area contributed by atoms with Crippen molar-refractivity contribution in [2.24, 2.45) is 0 Å². The number of carboxylic acid groups (broad SMARTS) is 2. The quantitative estimate of drug-likeness (QED) is 0.352. The smallest absolute Gasteiger partial charge is 0.303 e. The van der Waals surface area contributed by atoms with Crippen molar-refractivity contribution in [2.75, 3.05) is 27.2 Å². The van der Waals surface area contributed by atoms with Gasteiger partial charge in [0.05, 0.1) is 0 Å². The molecular weight excluding hydrogens is 308 g/mol. The molecule has 0 rings (SSSR count). The van der Waals surface area contributed by atoms with E-state index in [-0.39, 0.29) is 12.8 Å². The van der Waals surface area contributed by atoms with E-state index < -0.39 is 11.9 Å². The number of rotatable bonds is 17. The molecule has 3 N–H and O–H groups in total. The van der Waals surface area contributed by atoms with Gasteiger partial charge in [-0.1, -0.05) is 25.7 Å². The number of aliphatic carboxylic acids is 2. The Morgan fingerprint density at radius 3 is 1.75 bits per heavy atom. The van der Waals surface area contributed by atoms with Crippen molar-refractivity contribution >= 4 is 11.9 Å². The van der Waals surface area contributed by atoms with E-state index in [4.69, 9.17) is 10.2 Å².